The number of carbonyl (C=O) groups is 2. The molecule has 226 valence electrons. The first-order chi connectivity index (χ1) is 22.0. The van der Waals surface area contributed by atoms with Gasteiger partial charge in [-0.25, -0.2) is 0 Å². The summed E-state index contributed by atoms with van der Waals surface area (Å²) in [4.78, 5) is 29.4. The fraction of sp³-hybridized carbons (Fsp3) is 0.189. The second kappa shape index (κ2) is 11.9. The highest BCUT2D eigenvalue weighted by Crippen LogP contribution is 2.35. The van der Waals surface area contributed by atoms with Crippen LogP contribution in [0.1, 0.15) is 43.2 Å². The Morgan fingerprint density at radius 1 is 0.822 bits per heavy atom. The molecule has 5 aromatic rings. The lowest BCUT2D eigenvalue weighted by atomic mass is 9.98. The Balaban J connectivity index is 1.16. The van der Waals surface area contributed by atoms with Gasteiger partial charge in [0.2, 0.25) is 0 Å². The summed E-state index contributed by atoms with van der Waals surface area (Å²) in [7, 11) is 1.62. The Bertz CT molecular complexity index is 1930. The summed E-state index contributed by atoms with van der Waals surface area (Å²) in [5.74, 6) is 1.71. The first-order valence-corrected chi connectivity index (χ1v) is 15.0. The van der Waals surface area contributed by atoms with Crippen molar-refractivity contribution in [3.05, 3.63) is 131 Å². The molecule has 2 amide bonds. The van der Waals surface area contributed by atoms with E-state index in [-0.39, 0.29) is 11.8 Å². The van der Waals surface area contributed by atoms with Gasteiger partial charge in [0.25, 0.3) is 11.8 Å². The second-order valence-electron chi connectivity index (χ2n) is 11.2. The fourth-order valence-electron chi connectivity index (χ4n) is 6.09. The molecule has 0 atom stereocenters. The van der Waals surface area contributed by atoms with Crippen LogP contribution in [0.5, 0.6) is 17.2 Å². The first-order valence-electron chi connectivity index (χ1n) is 15.0. The van der Waals surface area contributed by atoms with E-state index in [2.05, 4.69) is 24.4 Å². The van der Waals surface area contributed by atoms with Gasteiger partial charge in [-0.2, -0.15) is 0 Å². The minimum atomic E-state index is -0.190. The van der Waals surface area contributed by atoms with Crippen LogP contribution in [0.4, 0.5) is 5.69 Å². The van der Waals surface area contributed by atoms with Gasteiger partial charge in [-0.1, -0.05) is 48.5 Å². The van der Waals surface area contributed by atoms with Crippen LogP contribution < -0.4 is 24.4 Å². The summed E-state index contributed by atoms with van der Waals surface area (Å²) in [6.07, 6.45) is 0. The van der Waals surface area contributed by atoms with Gasteiger partial charge < -0.3 is 29.0 Å². The van der Waals surface area contributed by atoms with Gasteiger partial charge in [0, 0.05) is 29.1 Å². The molecule has 0 bridgehead atoms. The molecule has 8 heteroatoms. The molecule has 45 heavy (non-hydrogen) atoms. The van der Waals surface area contributed by atoms with Crippen molar-refractivity contribution >= 4 is 17.5 Å². The zero-order chi connectivity index (χ0) is 30.9. The molecule has 2 aliphatic rings. The third kappa shape index (κ3) is 5.40. The lowest BCUT2D eigenvalue weighted by Gasteiger charge is -2.23. The van der Waals surface area contributed by atoms with Crippen LogP contribution in [-0.4, -0.2) is 36.7 Å². The Labute approximate surface area is 261 Å². The van der Waals surface area contributed by atoms with E-state index in [4.69, 9.17) is 14.2 Å². The monoisotopic (exact) mass is 599 g/mol. The van der Waals surface area contributed by atoms with Crippen molar-refractivity contribution in [2.24, 2.45) is 0 Å². The van der Waals surface area contributed by atoms with E-state index < -0.39 is 0 Å². The Morgan fingerprint density at radius 2 is 1.62 bits per heavy atom. The number of benzene rings is 4. The highest BCUT2D eigenvalue weighted by molar-refractivity contribution is 6.07. The third-order valence-electron chi connectivity index (χ3n) is 8.42. The smallest absolute Gasteiger partial charge is 0.268 e. The number of fused-ring (bicyclic) bond motifs is 3. The molecule has 0 spiro atoms. The second-order valence-corrected chi connectivity index (χ2v) is 11.2. The number of rotatable bonds is 6. The van der Waals surface area contributed by atoms with Crippen molar-refractivity contribution in [2.75, 3.05) is 25.2 Å². The number of carbonyl (C=O) groups excluding carboxylic acids is 2. The number of aromatic nitrogens is 1. The number of anilines is 1. The Hall–Kier alpha value is -5.50. The van der Waals surface area contributed by atoms with Crippen LogP contribution in [0, 0.1) is 6.92 Å². The molecule has 0 unspecified atom stereocenters. The number of hydrogen-bond donors (Lipinski definition) is 1. The van der Waals surface area contributed by atoms with Crippen LogP contribution in [0.15, 0.2) is 97.1 Å². The average Bonchev–Trinajstić information content (AvgIpc) is 3.39. The zero-order valence-corrected chi connectivity index (χ0v) is 25.2. The molecule has 3 heterocycles. The Kier molecular flexibility index (Phi) is 7.47. The molecule has 0 saturated carbocycles. The maximum atomic E-state index is 14.2. The van der Waals surface area contributed by atoms with Crippen molar-refractivity contribution in [1.29, 1.82) is 0 Å². The summed E-state index contributed by atoms with van der Waals surface area (Å²) >= 11 is 0. The minimum absolute atomic E-state index is 0.142. The highest BCUT2D eigenvalue weighted by atomic mass is 16.6. The zero-order valence-electron chi connectivity index (χ0n) is 25.2. The normalized spacial score (nSPS) is 13.3. The van der Waals surface area contributed by atoms with E-state index in [1.807, 2.05) is 89.5 Å². The van der Waals surface area contributed by atoms with E-state index in [1.165, 1.54) is 0 Å². The quantitative estimate of drug-likeness (QED) is 0.245. The molecule has 1 aromatic heterocycles. The van der Waals surface area contributed by atoms with Crippen LogP contribution in [0.25, 0.3) is 11.1 Å². The first kappa shape index (κ1) is 28.3. The number of para-hydroxylation sites is 1. The van der Waals surface area contributed by atoms with Gasteiger partial charge in [0.05, 0.1) is 20.2 Å². The van der Waals surface area contributed by atoms with Crippen molar-refractivity contribution in [3.8, 4) is 28.4 Å². The highest BCUT2D eigenvalue weighted by Gasteiger charge is 2.28. The van der Waals surface area contributed by atoms with Gasteiger partial charge in [0.1, 0.15) is 24.7 Å². The molecule has 0 radical (unpaired) electrons. The lowest BCUT2D eigenvalue weighted by Crippen LogP contribution is -2.30. The van der Waals surface area contributed by atoms with E-state index in [0.29, 0.717) is 61.4 Å². The predicted octanol–water partition coefficient (Wildman–Crippen LogP) is 6.38. The molecule has 0 fully saturated rings. The van der Waals surface area contributed by atoms with Crippen molar-refractivity contribution < 1.29 is 23.8 Å². The van der Waals surface area contributed by atoms with Crippen LogP contribution in [0.2, 0.25) is 0 Å². The van der Waals surface area contributed by atoms with Gasteiger partial charge in [-0.15, -0.1) is 0 Å². The molecular weight excluding hydrogens is 566 g/mol. The van der Waals surface area contributed by atoms with E-state index >= 15 is 0 Å². The lowest BCUT2D eigenvalue weighted by molar-refractivity contribution is 0.0941. The Morgan fingerprint density at radius 3 is 2.47 bits per heavy atom. The molecule has 4 aromatic carbocycles. The molecule has 0 aliphatic carbocycles. The number of aryl methyl sites for hydroxylation is 1. The molecule has 8 nitrogen and oxygen atoms in total. The summed E-state index contributed by atoms with van der Waals surface area (Å²) in [6.45, 7) is 4.22. The van der Waals surface area contributed by atoms with Gasteiger partial charge in [-0.05, 0) is 77.7 Å². The number of nitrogens with zero attached hydrogens (tertiary/aromatic N) is 2. The maximum Gasteiger partial charge on any atom is 0.268 e. The standard InChI is InChI=1S/C37H33N3O5/c1-24-7-3-5-9-29(24)30-14-12-26(20-34(30)43-2)37(42)40-23-28-13-15-32(39(28)22-27-8-4-6-10-31(27)40)36(41)38-21-25-11-16-33-35(19-25)45-18-17-44-33/h3-16,19-20H,17-18,21-23H2,1-2H3,(H,38,41). The molecule has 7 rings (SSSR count). The summed E-state index contributed by atoms with van der Waals surface area (Å²) in [5, 5.41) is 3.05. The number of amides is 2. The van der Waals surface area contributed by atoms with E-state index in [1.54, 1.807) is 12.0 Å². The number of hydrogen-bond acceptors (Lipinski definition) is 5. The summed E-state index contributed by atoms with van der Waals surface area (Å²) in [5.41, 5.74) is 7.74. The van der Waals surface area contributed by atoms with Gasteiger partial charge in [-0.3, -0.25) is 9.59 Å². The average molecular weight is 600 g/mol. The number of nitrogens with one attached hydrogen (secondary N) is 1. The molecule has 2 aliphatic heterocycles. The fourth-order valence-corrected chi connectivity index (χ4v) is 6.09. The molecule has 1 N–H and O–H groups in total. The molecule has 0 saturated heterocycles. The summed E-state index contributed by atoms with van der Waals surface area (Å²) in [6, 6.07) is 31.0. The third-order valence-corrected chi connectivity index (χ3v) is 8.42. The van der Waals surface area contributed by atoms with Gasteiger partial charge in [0.15, 0.2) is 11.5 Å². The SMILES string of the molecule is COc1cc(C(=O)N2Cc3ccc(C(=O)NCc4ccc5c(c4)OCCO5)n3Cc3ccccc32)ccc1-c1ccccc1C. The minimum Gasteiger partial charge on any atom is -0.496 e. The van der Waals surface area contributed by atoms with Crippen LogP contribution in [0.3, 0.4) is 0 Å². The van der Waals surface area contributed by atoms with Crippen LogP contribution in [-0.2, 0) is 19.6 Å². The number of ether oxygens (including phenoxy) is 3. The van der Waals surface area contributed by atoms with Crippen molar-refractivity contribution in [3.63, 3.8) is 0 Å². The number of methoxy groups -OCH3 is 1. The topological polar surface area (TPSA) is 82.0 Å². The van der Waals surface area contributed by atoms with Crippen LogP contribution >= 0.6 is 0 Å². The van der Waals surface area contributed by atoms with E-state index in [0.717, 1.165) is 39.2 Å². The molecular formula is C37H33N3O5. The summed E-state index contributed by atoms with van der Waals surface area (Å²) < 4.78 is 19.1. The van der Waals surface area contributed by atoms with Crippen molar-refractivity contribution in [1.82, 2.24) is 9.88 Å². The van der Waals surface area contributed by atoms with Gasteiger partial charge >= 0.3 is 0 Å². The van der Waals surface area contributed by atoms with Crippen molar-refractivity contribution in [2.45, 2.75) is 26.6 Å². The van der Waals surface area contributed by atoms with E-state index in [9.17, 15) is 9.59 Å². The largest absolute Gasteiger partial charge is 0.496 e. The predicted molar refractivity (Wildman–Crippen MR) is 172 cm³/mol. The maximum absolute atomic E-state index is 14.2.